The molecule has 0 unspecified atom stereocenters. The first-order valence-electron chi connectivity index (χ1n) is 13.6. The molecule has 40 heavy (non-hydrogen) atoms. The van der Waals surface area contributed by atoms with Gasteiger partial charge >= 0.3 is 0 Å². The predicted octanol–water partition coefficient (Wildman–Crippen LogP) is 5.44. The lowest BCUT2D eigenvalue weighted by atomic mass is 10.0. The lowest BCUT2D eigenvalue weighted by molar-refractivity contribution is -0.113. The Balaban J connectivity index is 1.17. The van der Waals surface area contributed by atoms with Crippen molar-refractivity contribution in [2.24, 2.45) is 0 Å². The fourth-order valence-electron chi connectivity index (χ4n) is 5.04. The second-order valence-corrected chi connectivity index (χ2v) is 11.0. The van der Waals surface area contributed by atoms with E-state index in [1.807, 2.05) is 68.6 Å². The van der Waals surface area contributed by atoms with Gasteiger partial charge in [0.1, 0.15) is 0 Å². The van der Waals surface area contributed by atoms with E-state index < -0.39 is 0 Å². The smallest absolute Gasteiger partial charge is 0.250 e. The predicted molar refractivity (Wildman–Crippen MR) is 164 cm³/mol. The maximum absolute atomic E-state index is 12.6. The van der Waals surface area contributed by atoms with Gasteiger partial charge in [-0.05, 0) is 50.7 Å². The van der Waals surface area contributed by atoms with Crippen LogP contribution in [-0.2, 0) is 11.3 Å². The van der Waals surface area contributed by atoms with Crippen LogP contribution < -0.4 is 10.2 Å². The third-order valence-electron chi connectivity index (χ3n) is 7.27. The lowest BCUT2D eigenvalue weighted by Crippen LogP contribution is -2.39. The van der Waals surface area contributed by atoms with E-state index in [4.69, 9.17) is 16.6 Å². The maximum atomic E-state index is 12.6. The molecule has 5 rings (SSSR count). The van der Waals surface area contributed by atoms with Gasteiger partial charge in [0.15, 0.2) is 0 Å². The summed E-state index contributed by atoms with van der Waals surface area (Å²) < 4.78 is 0. The zero-order chi connectivity index (χ0) is 28.1. The number of piperidine rings is 1. The number of aromatic amines is 1. The van der Waals surface area contributed by atoms with Crippen molar-refractivity contribution in [1.82, 2.24) is 24.8 Å². The van der Waals surface area contributed by atoms with Crippen LogP contribution in [0.25, 0.3) is 22.2 Å². The molecule has 1 fully saturated rings. The Hall–Kier alpha value is -3.72. The maximum Gasteiger partial charge on any atom is 0.250 e. The van der Waals surface area contributed by atoms with Gasteiger partial charge in [0, 0.05) is 73.7 Å². The first-order valence-corrected chi connectivity index (χ1v) is 14.0. The summed E-state index contributed by atoms with van der Waals surface area (Å²) in [5.74, 6) is 0.575. The standard InChI is InChI=1S/C31H36ClN7O/c1-37(2)15-7-12-29(40)38(3)24-9-6-8-22(18-24)21-39-16-13-23(14-17-39)35-31-34-20-27(32)30(36-31)26-19-33-28-11-5-4-10-25(26)28/h4-12,18-20,23,33H,13-17,21H2,1-3H3,(H,34,35,36)/b12-7+. The Morgan fingerprint density at radius 1 is 1.15 bits per heavy atom. The zero-order valence-electron chi connectivity index (χ0n) is 23.3. The van der Waals surface area contributed by atoms with Crippen molar-refractivity contribution < 1.29 is 4.79 Å². The highest BCUT2D eigenvalue weighted by Crippen LogP contribution is 2.32. The van der Waals surface area contributed by atoms with Crippen LogP contribution in [0.5, 0.6) is 0 Å². The Morgan fingerprint density at radius 3 is 2.75 bits per heavy atom. The molecule has 2 aromatic heterocycles. The number of nitrogens with zero attached hydrogens (tertiary/aromatic N) is 5. The van der Waals surface area contributed by atoms with Gasteiger partial charge in [0.25, 0.3) is 0 Å². The Kier molecular flexibility index (Phi) is 8.79. The number of para-hydroxylation sites is 1. The average Bonchev–Trinajstić information content (AvgIpc) is 3.38. The van der Waals surface area contributed by atoms with Gasteiger partial charge in [-0.3, -0.25) is 9.69 Å². The number of hydrogen-bond donors (Lipinski definition) is 2. The summed E-state index contributed by atoms with van der Waals surface area (Å²) in [5.41, 5.74) is 4.85. The number of carbonyl (C=O) groups excluding carboxylic acids is 1. The van der Waals surface area contributed by atoms with Crippen molar-refractivity contribution >= 4 is 40.0 Å². The minimum Gasteiger partial charge on any atom is -0.360 e. The Labute approximate surface area is 240 Å². The number of H-pyrrole nitrogens is 1. The second-order valence-electron chi connectivity index (χ2n) is 10.6. The molecule has 1 aliphatic rings. The number of carbonyl (C=O) groups is 1. The summed E-state index contributed by atoms with van der Waals surface area (Å²) in [7, 11) is 5.78. The molecule has 1 amide bonds. The summed E-state index contributed by atoms with van der Waals surface area (Å²) in [6.45, 7) is 3.51. The molecule has 4 aromatic rings. The number of likely N-dealkylation sites (N-methyl/N-ethyl adjacent to an activating group) is 2. The van der Waals surface area contributed by atoms with E-state index in [-0.39, 0.29) is 11.9 Å². The van der Waals surface area contributed by atoms with Crippen LogP contribution in [0.15, 0.2) is 73.1 Å². The highest BCUT2D eigenvalue weighted by molar-refractivity contribution is 6.33. The molecule has 0 radical (unpaired) electrons. The SMILES string of the molecule is CN(C)C/C=C/C(=O)N(C)c1cccc(CN2CCC(Nc3ncc(Cl)c(-c4c[nH]c5ccccc45)n3)CC2)c1. The van der Waals surface area contributed by atoms with E-state index in [1.165, 1.54) is 5.56 Å². The van der Waals surface area contributed by atoms with E-state index in [0.717, 1.165) is 66.9 Å². The van der Waals surface area contributed by atoms with Crippen LogP contribution in [0.2, 0.25) is 5.02 Å². The van der Waals surface area contributed by atoms with Crippen LogP contribution in [0.3, 0.4) is 0 Å². The number of anilines is 2. The molecule has 0 bridgehead atoms. The highest BCUT2D eigenvalue weighted by atomic mass is 35.5. The van der Waals surface area contributed by atoms with Crippen LogP contribution >= 0.6 is 11.6 Å². The number of aromatic nitrogens is 3. The van der Waals surface area contributed by atoms with Gasteiger partial charge in [0.2, 0.25) is 11.9 Å². The molecule has 1 aliphatic heterocycles. The molecule has 208 valence electrons. The first kappa shape index (κ1) is 27.8. The summed E-state index contributed by atoms with van der Waals surface area (Å²) in [6, 6.07) is 16.7. The molecule has 1 saturated heterocycles. The van der Waals surface area contributed by atoms with Crippen LogP contribution in [0.4, 0.5) is 11.6 Å². The lowest BCUT2D eigenvalue weighted by Gasteiger charge is -2.32. The monoisotopic (exact) mass is 557 g/mol. The molecule has 3 heterocycles. The number of rotatable bonds is 9. The minimum absolute atomic E-state index is 0.0249. The molecule has 2 aromatic carbocycles. The molecule has 9 heteroatoms. The van der Waals surface area contributed by atoms with E-state index in [2.05, 4.69) is 38.4 Å². The van der Waals surface area contributed by atoms with Crippen molar-refractivity contribution in [2.45, 2.75) is 25.4 Å². The molecule has 0 spiro atoms. The number of amides is 1. The number of fused-ring (bicyclic) bond motifs is 1. The fraction of sp³-hybridized carbons (Fsp3) is 0.323. The fourth-order valence-corrected chi connectivity index (χ4v) is 5.23. The van der Waals surface area contributed by atoms with Crippen LogP contribution in [-0.4, -0.2) is 77.5 Å². The molecular weight excluding hydrogens is 522 g/mol. The molecule has 2 N–H and O–H groups in total. The molecule has 0 aliphatic carbocycles. The van der Waals surface area contributed by atoms with E-state index in [1.54, 1.807) is 17.2 Å². The first-order chi connectivity index (χ1) is 19.4. The van der Waals surface area contributed by atoms with Gasteiger partial charge in [-0.2, -0.15) is 0 Å². The highest BCUT2D eigenvalue weighted by Gasteiger charge is 2.21. The van der Waals surface area contributed by atoms with E-state index >= 15 is 0 Å². The topological polar surface area (TPSA) is 80.4 Å². The summed E-state index contributed by atoms with van der Waals surface area (Å²) in [6.07, 6.45) is 9.13. The van der Waals surface area contributed by atoms with Crippen molar-refractivity contribution in [3.8, 4) is 11.3 Å². The number of nitrogens with one attached hydrogen (secondary N) is 2. The summed E-state index contributed by atoms with van der Waals surface area (Å²) in [4.78, 5) is 31.3. The normalized spacial score (nSPS) is 14.8. The number of hydrogen-bond acceptors (Lipinski definition) is 6. The van der Waals surface area contributed by atoms with Crippen molar-refractivity contribution in [2.75, 3.05) is 51.0 Å². The average molecular weight is 558 g/mol. The third kappa shape index (κ3) is 6.70. The van der Waals surface area contributed by atoms with Gasteiger partial charge in [-0.1, -0.05) is 48.0 Å². The van der Waals surface area contributed by atoms with E-state index in [9.17, 15) is 4.79 Å². The largest absolute Gasteiger partial charge is 0.360 e. The van der Waals surface area contributed by atoms with Gasteiger partial charge in [-0.15, -0.1) is 0 Å². The van der Waals surface area contributed by atoms with Crippen molar-refractivity contribution in [3.05, 3.63) is 83.7 Å². The Morgan fingerprint density at radius 2 is 1.95 bits per heavy atom. The minimum atomic E-state index is -0.0249. The van der Waals surface area contributed by atoms with Crippen LogP contribution in [0.1, 0.15) is 18.4 Å². The van der Waals surface area contributed by atoms with Crippen molar-refractivity contribution in [3.63, 3.8) is 0 Å². The Bertz CT molecular complexity index is 1490. The molecule has 0 atom stereocenters. The van der Waals surface area contributed by atoms with Crippen molar-refractivity contribution in [1.29, 1.82) is 0 Å². The van der Waals surface area contributed by atoms with E-state index in [0.29, 0.717) is 11.0 Å². The number of likely N-dealkylation sites (tertiary alicyclic amines) is 1. The zero-order valence-corrected chi connectivity index (χ0v) is 24.0. The quantitative estimate of drug-likeness (QED) is 0.267. The second kappa shape index (κ2) is 12.6. The van der Waals surface area contributed by atoms with Gasteiger partial charge in [-0.25, -0.2) is 9.97 Å². The molecule has 0 saturated carbocycles. The number of benzene rings is 2. The van der Waals surface area contributed by atoms with Gasteiger partial charge in [0.05, 0.1) is 16.9 Å². The third-order valence-corrected chi connectivity index (χ3v) is 7.55. The number of halogens is 1. The molecular formula is C31H36ClN7O. The summed E-state index contributed by atoms with van der Waals surface area (Å²) in [5, 5.41) is 5.15. The van der Waals surface area contributed by atoms with Crippen LogP contribution in [0, 0.1) is 0 Å². The summed E-state index contributed by atoms with van der Waals surface area (Å²) >= 11 is 6.51. The van der Waals surface area contributed by atoms with Gasteiger partial charge < -0.3 is 20.1 Å². The molecule has 8 nitrogen and oxygen atoms in total.